The van der Waals surface area contributed by atoms with E-state index in [-0.39, 0.29) is 30.2 Å². The molecule has 2 amide bonds. The first-order chi connectivity index (χ1) is 21.2. The van der Waals surface area contributed by atoms with Crippen molar-refractivity contribution >= 4 is 38.2 Å². The van der Waals surface area contributed by atoms with Gasteiger partial charge in [-0.3, -0.25) is 14.4 Å². The Balaban J connectivity index is 1.25. The summed E-state index contributed by atoms with van der Waals surface area (Å²) in [6, 6.07) is 4.62. The third-order valence-electron chi connectivity index (χ3n) is 10.0. The zero-order valence-corrected chi connectivity index (χ0v) is 27.4. The minimum absolute atomic E-state index is 0.147. The second kappa shape index (κ2) is 11.4. The lowest BCUT2D eigenvalue weighted by Gasteiger charge is -2.33. The number of ketones is 1. The van der Waals surface area contributed by atoms with Gasteiger partial charge >= 0.3 is 0 Å². The summed E-state index contributed by atoms with van der Waals surface area (Å²) in [7, 11) is -3.54. The number of aromatic nitrogens is 1. The van der Waals surface area contributed by atoms with Crippen LogP contribution in [0.15, 0.2) is 24.4 Å². The number of rotatable bonds is 10. The summed E-state index contributed by atoms with van der Waals surface area (Å²) in [4.78, 5) is 47.4. The SMILES string of the molecule is CC[C@@H]1C[C@]1(NC(=O)[C@@H]1C[C@@H](Oc2nccc3c4c(ccc23)OCCO4)CN1C(=O)[C@@H](C)C(C)(C)C)C(=O)CS(=O)(=O)C1CC1. The van der Waals surface area contributed by atoms with Crippen LogP contribution < -0.4 is 19.5 Å². The molecule has 1 N–H and O–H groups in total. The summed E-state index contributed by atoms with van der Waals surface area (Å²) in [5, 5.41) is 4.01. The van der Waals surface area contributed by atoms with Gasteiger partial charge in [-0.05, 0) is 48.8 Å². The quantitative estimate of drug-likeness (QED) is 0.413. The average molecular weight is 642 g/mol. The van der Waals surface area contributed by atoms with Crippen LogP contribution in [0.1, 0.15) is 66.7 Å². The third kappa shape index (κ3) is 5.97. The fourth-order valence-corrected chi connectivity index (χ4v) is 8.24. The van der Waals surface area contributed by atoms with E-state index in [0.717, 1.165) is 10.8 Å². The molecule has 3 fully saturated rings. The summed E-state index contributed by atoms with van der Waals surface area (Å²) in [6.07, 6.45) is 3.44. The fraction of sp³-hybridized carbons (Fsp3) is 0.636. The maximum Gasteiger partial charge on any atom is 0.243 e. The molecule has 1 aromatic heterocycles. The highest BCUT2D eigenvalue weighted by molar-refractivity contribution is 7.93. The molecule has 1 aromatic carbocycles. The number of benzene rings is 1. The molecule has 2 aliphatic carbocycles. The number of ether oxygens (including phenoxy) is 3. The van der Waals surface area contributed by atoms with Crippen LogP contribution in [0.25, 0.3) is 10.8 Å². The molecule has 5 atom stereocenters. The molecule has 0 radical (unpaired) electrons. The Kier molecular flexibility index (Phi) is 8.02. The van der Waals surface area contributed by atoms with Crippen LogP contribution in [-0.2, 0) is 24.2 Å². The van der Waals surface area contributed by atoms with Gasteiger partial charge in [0.25, 0.3) is 0 Å². The van der Waals surface area contributed by atoms with Crippen LogP contribution in [0.5, 0.6) is 17.4 Å². The number of hydrogen-bond acceptors (Lipinski definition) is 9. The Bertz CT molecular complexity index is 1630. The molecule has 244 valence electrons. The van der Waals surface area contributed by atoms with Gasteiger partial charge in [-0.25, -0.2) is 13.4 Å². The van der Waals surface area contributed by atoms with Crippen LogP contribution in [-0.4, -0.2) is 84.3 Å². The Labute approximate surface area is 264 Å². The predicted molar refractivity (Wildman–Crippen MR) is 167 cm³/mol. The van der Waals surface area contributed by atoms with Crippen molar-refractivity contribution in [3.63, 3.8) is 0 Å². The first-order valence-electron chi connectivity index (χ1n) is 16.0. The van der Waals surface area contributed by atoms with E-state index >= 15 is 0 Å². The Morgan fingerprint density at radius 2 is 1.87 bits per heavy atom. The molecule has 11 nitrogen and oxygen atoms in total. The van der Waals surface area contributed by atoms with Crippen molar-refractivity contribution in [1.82, 2.24) is 15.2 Å². The highest BCUT2D eigenvalue weighted by Crippen LogP contribution is 2.48. The van der Waals surface area contributed by atoms with Gasteiger partial charge in [-0.2, -0.15) is 0 Å². The van der Waals surface area contributed by atoms with E-state index in [9.17, 15) is 22.8 Å². The molecule has 2 aliphatic heterocycles. The first-order valence-corrected chi connectivity index (χ1v) is 17.7. The maximum absolute atomic E-state index is 14.0. The van der Waals surface area contributed by atoms with Crippen molar-refractivity contribution in [2.45, 2.75) is 89.7 Å². The van der Waals surface area contributed by atoms with Crippen molar-refractivity contribution in [2.75, 3.05) is 25.5 Å². The number of likely N-dealkylation sites (tertiary alicyclic amines) is 1. The topological polar surface area (TPSA) is 141 Å². The number of carbonyl (C=O) groups is 3. The zero-order valence-electron chi connectivity index (χ0n) is 26.6. The maximum atomic E-state index is 14.0. The number of sulfone groups is 1. The van der Waals surface area contributed by atoms with E-state index in [1.165, 1.54) is 0 Å². The van der Waals surface area contributed by atoms with Gasteiger partial charge in [-0.1, -0.05) is 41.0 Å². The lowest BCUT2D eigenvalue weighted by molar-refractivity contribution is -0.144. The van der Waals surface area contributed by atoms with Gasteiger partial charge in [-0.15, -0.1) is 0 Å². The number of fused-ring (bicyclic) bond motifs is 3. The van der Waals surface area contributed by atoms with E-state index in [4.69, 9.17) is 14.2 Å². The van der Waals surface area contributed by atoms with E-state index in [2.05, 4.69) is 10.3 Å². The van der Waals surface area contributed by atoms with Crippen LogP contribution in [0.2, 0.25) is 0 Å². The highest BCUT2D eigenvalue weighted by Gasteiger charge is 2.61. The number of nitrogens with zero attached hydrogens (tertiary/aromatic N) is 2. The number of hydrogen-bond donors (Lipinski definition) is 1. The van der Waals surface area contributed by atoms with Gasteiger partial charge in [0.05, 0.1) is 11.8 Å². The van der Waals surface area contributed by atoms with Crippen molar-refractivity contribution in [3.05, 3.63) is 24.4 Å². The molecular formula is C33H43N3O8S. The van der Waals surface area contributed by atoms with Crippen molar-refractivity contribution in [3.8, 4) is 17.4 Å². The zero-order chi connectivity index (χ0) is 32.3. The summed E-state index contributed by atoms with van der Waals surface area (Å²) in [6.45, 7) is 10.8. The molecule has 1 saturated heterocycles. The molecular weight excluding hydrogens is 598 g/mol. The van der Waals surface area contributed by atoms with E-state index in [0.29, 0.717) is 56.3 Å². The summed E-state index contributed by atoms with van der Waals surface area (Å²) in [5.74, 6) is -0.587. The molecule has 45 heavy (non-hydrogen) atoms. The van der Waals surface area contributed by atoms with Crippen LogP contribution in [0.4, 0.5) is 0 Å². The number of nitrogens with one attached hydrogen (secondary N) is 1. The van der Waals surface area contributed by atoms with Crippen LogP contribution >= 0.6 is 0 Å². The van der Waals surface area contributed by atoms with Crippen molar-refractivity contribution in [1.29, 1.82) is 0 Å². The summed E-state index contributed by atoms with van der Waals surface area (Å²) >= 11 is 0. The molecule has 12 heteroatoms. The third-order valence-corrected chi connectivity index (χ3v) is 12.2. The second-order valence-corrected chi connectivity index (χ2v) is 16.4. The van der Waals surface area contributed by atoms with E-state index in [1.807, 2.05) is 52.8 Å². The van der Waals surface area contributed by atoms with Gasteiger partial charge in [0, 0.05) is 29.3 Å². The van der Waals surface area contributed by atoms with Gasteiger partial charge in [0.2, 0.25) is 17.7 Å². The van der Waals surface area contributed by atoms with E-state index in [1.54, 1.807) is 11.1 Å². The normalized spacial score (nSPS) is 26.8. The predicted octanol–water partition coefficient (Wildman–Crippen LogP) is 3.47. The molecule has 2 aromatic rings. The largest absolute Gasteiger partial charge is 0.486 e. The standard InChI is InChI=1S/C33H43N3O8S/c1-6-20-16-33(20,27(37)18-45(40,41)22-7-8-22)35-29(38)25-15-21(17-36(25)31(39)19(2)32(3,4)5)44-30-24-9-10-26-28(43-14-13-42-26)23(24)11-12-34-30/h9-12,19-22,25H,6-8,13-18H2,1-5H3,(H,35,38)/t19-,20-,21-,25+,33-/m1/s1. The summed E-state index contributed by atoms with van der Waals surface area (Å²) < 4.78 is 43.4. The first kappa shape index (κ1) is 31.6. The Morgan fingerprint density at radius 3 is 2.53 bits per heavy atom. The number of Topliss-reactive ketones (excluding diaryl/α,β-unsaturated/α-hetero) is 1. The molecule has 4 aliphatic rings. The second-order valence-electron chi connectivity index (χ2n) is 14.1. The van der Waals surface area contributed by atoms with Crippen LogP contribution in [0, 0.1) is 17.3 Å². The Hall–Kier alpha value is -3.41. The monoisotopic (exact) mass is 641 g/mol. The number of amides is 2. The number of pyridine rings is 1. The fourth-order valence-electron chi connectivity index (χ4n) is 6.53. The smallest absolute Gasteiger partial charge is 0.243 e. The molecule has 0 bridgehead atoms. The van der Waals surface area contributed by atoms with Crippen molar-refractivity contribution in [2.24, 2.45) is 17.3 Å². The Morgan fingerprint density at radius 1 is 1.13 bits per heavy atom. The lowest BCUT2D eigenvalue weighted by atomic mass is 9.81. The molecule has 2 saturated carbocycles. The van der Waals surface area contributed by atoms with Gasteiger partial charge < -0.3 is 24.4 Å². The lowest BCUT2D eigenvalue weighted by Crippen LogP contribution is -2.55. The summed E-state index contributed by atoms with van der Waals surface area (Å²) in [5.41, 5.74) is -1.58. The molecule has 3 heterocycles. The minimum Gasteiger partial charge on any atom is -0.486 e. The van der Waals surface area contributed by atoms with Gasteiger partial charge in [0.1, 0.15) is 36.7 Å². The van der Waals surface area contributed by atoms with E-state index < -0.39 is 56.1 Å². The molecule has 0 unspecified atom stereocenters. The molecule has 0 spiro atoms. The minimum atomic E-state index is -3.54. The van der Waals surface area contributed by atoms with Crippen LogP contribution in [0.3, 0.4) is 0 Å². The van der Waals surface area contributed by atoms with Crippen molar-refractivity contribution < 1.29 is 37.0 Å². The molecule has 6 rings (SSSR count). The van der Waals surface area contributed by atoms with Gasteiger partial charge in [0.15, 0.2) is 27.1 Å². The number of carbonyl (C=O) groups excluding carboxylic acids is 3. The highest BCUT2D eigenvalue weighted by atomic mass is 32.2. The average Bonchev–Trinajstić information content (AvgIpc) is 3.93.